The topological polar surface area (TPSA) is 28.7 Å². The van der Waals surface area contributed by atoms with Crippen LogP contribution in [0, 0.1) is 6.07 Å². The number of nitrogens with one attached hydrogen (secondary N) is 1. The maximum Gasteiger partial charge on any atom is 0.396 e. The van der Waals surface area contributed by atoms with Gasteiger partial charge in [0.2, 0.25) is 0 Å². The van der Waals surface area contributed by atoms with Crippen LogP contribution in [-0.2, 0) is 6.42 Å². The standard InChI is InChI=1S/C9H6F3N2/c10-9(11,12)5-8-13-6-3-1-2-4-7(6)14-8/h1,3-4H,5H2,(H,13,14). The molecule has 1 heterocycles. The highest BCUT2D eigenvalue weighted by atomic mass is 19.4. The van der Waals surface area contributed by atoms with Gasteiger partial charge in [-0.2, -0.15) is 13.2 Å². The molecule has 0 bridgehead atoms. The largest absolute Gasteiger partial charge is 0.396 e. The number of nitrogens with zero attached hydrogens (tertiary/aromatic N) is 1. The van der Waals surface area contributed by atoms with Crippen LogP contribution in [0.4, 0.5) is 13.2 Å². The minimum atomic E-state index is -4.22. The summed E-state index contributed by atoms with van der Waals surface area (Å²) in [6.45, 7) is 0. The number of benzene rings is 1. The summed E-state index contributed by atoms with van der Waals surface area (Å²) in [6, 6.07) is 7.56. The molecular weight excluding hydrogens is 193 g/mol. The number of rotatable bonds is 1. The number of hydrogen-bond acceptors (Lipinski definition) is 1. The quantitative estimate of drug-likeness (QED) is 0.750. The first kappa shape index (κ1) is 9.05. The van der Waals surface area contributed by atoms with Crippen LogP contribution in [0.25, 0.3) is 11.0 Å². The molecule has 0 unspecified atom stereocenters. The van der Waals surface area contributed by atoms with Crippen molar-refractivity contribution in [3.63, 3.8) is 0 Å². The van der Waals surface area contributed by atoms with Crippen LogP contribution in [0.2, 0.25) is 0 Å². The lowest BCUT2D eigenvalue weighted by molar-refractivity contribution is -0.128. The second-order valence-electron chi connectivity index (χ2n) is 2.92. The van der Waals surface area contributed by atoms with E-state index in [1.807, 2.05) is 0 Å². The van der Waals surface area contributed by atoms with E-state index in [4.69, 9.17) is 0 Å². The molecule has 2 rings (SSSR count). The highest BCUT2D eigenvalue weighted by Crippen LogP contribution is 2.21. The summed E-state index contributed by atoms with van der Waals surface area (Å²) in [6.07, 6.45) is -5.25. The SMILES string of the molecule is FC(F)(F)Cc1nc2c[c]ccc2[nH]1. The molecule has 0 spiro atoms. The van der Waals surface area contributed by atoms with Crippen LogP contribution < -0.4 is 0 Å². The number of imidazole rings is 1. The Kier molecular flexibility index (Phi) is 1.94. The number of alkyl halides is 3. The Morgan fingerprint density at radius 2 is 2.21 bits per heavy atom. The molecule has 0 atom stereocenters. The molecule has 1 aromatic carbocycles. The average molecular weight is 199 g/mol. The first-order valence-corrected chi connectivity index (χ1v) is 3.96. The normalized spacial score (nSPS) is 12.2. The zero-order chi connectivity index (χ0) is 10.2. The van der Waals surface area contributed by atoms with E-state index in [1.54, 1.807) is 18.2 Å². The molecule has 1 radical (unpaired) electrons. The van der Waals surface area contributed by atoms with Gasteiger partial charge in [-0.05, 0) is 18.2 Å². The maximum atomic E-state index is 12.0. The Morgan fingerprint density at radius 3 is 2.86 bits per heavy atom. The Labute approximate surface area is 77.8 Å². The predicted molar refractivity (Wildman–Crippen MR) is 44.7 cm³/mol. The van der Waals surface area contributed by atoms with Gasteiger partial charge in [0, 0.05) is 0 Å². The monoisotopic (exact) mass is 199 g/mol. The van der Waals surface area contributed by atoms with Gasteiger partial charge in [-0.15, -0.1) is 0 Å². The van der Waals surface area contributed by atoms with E-state index < -0.39 is 12.6 Å². The van der Waals surface area contributed by atoms with Crippen molar-refractivity contribution in [2.75, 3.05) is 0 Å². The first-order chi connectivity index (χ1) is 6.54. The highest BCUT2D eigenvalue weighted by Gasteiger charge is 2.29. The summed E-state index contributed by atoms with van der Waals surface area (Å²) < 4.78 is 36.0. The van der Waals surface area contributed by atoms with Crippen LogP contribution in [0.15, 0.2) is 18.2 Å². The van der Waals surface area contributed by atoms with Crippen molar-refractivity contribution in [2.45, 2.75) is 12.6 Å². The number of hydrogen-bond donors (Lipinski definition) is 1. The fourth-order valence-electron chi connectivity index (χ4n) is 1.22. The smallest absolute Gasteiger partial charge is 0.342 e. The molecule has 0 aliphatic carbocycles. The number of fused-ring (bicyclic) bond motifs is 1. The second-order valence-corrected chi connectivity index (χ2v) is 2.92. The van der Waals surface area contributed by atoms with Crippen LogP contribution in [0.3, 0.4) is 0 Å². The van der Waals surface area contributed by atoms with E-state index in [0.29, 0.717) is 11.0 Å². The van der Waals surface area contributed by atoms with Crippen LogP contribution in [-0.4, -0.2) is 16.1 Å². The van der Waals surface area contributed by atoms with Crippen molar-refractivity contribution < 1.29 is 13.2 Å². The Morgan fingerprint density at radius 1 is 1.43 bits per heavy atom. The van der Waals surface area contributed by atoms with Gasteiger partial charge in [-0.1, -0.05) is 6.07 Å². The molecule has 5 heteroatoms. The van der Waals surface area contributed by atoms with E-state index in [2.05, 4.69) is 16.0 Å². The van der Waals surface area contributed by atoms with Gasteiger partial charge < -0.3 is 4.98 Å². The van der Waals surface area contributed by atoms with Gasteiger partial charge in [0.15, 0.2) is 0 Å². The molecule has 0 aliphatic rings. The first-order valence-electron chi connectivity index (χ1n) is 3.96. The minimum absolute atomic E-state index is 0.0629. The van der Waals surface area contributed by atoms with Crippen molar-refractivity contribution >= 4 is 11.0 Å². The van der Waals surface area contributed by atoms with Gasteiger partial charge in [0.25, 0.3) is 0 Å². The lowest BCUT2D eigenvalue weighted by Crippen LogP contribution is -2.12. The van der Waals surface area contributed by atoms with E-state index in [0.717, 1.165) is 0 Å². The summed E-state index contributed by atoms with van der Waals surface area (Å²) in [5.74, 6) is -0.0629. The number of aromatic amines is 1. The third kappa shape index (κ3) is 1.86. The average Bonchev–Trinajstić information content (AvgIpc) is 2.42. The highest BCUT2D eigenvalue weighted by molar-refractivity contribution is 5.74. The Hall–Kier alpha value is -1.52. The molecule has 0 saturated heterocycles. The molecular formula is C9H6F3N2. The van der Waals surface area contributed by atoms with Crippen molar-refractivity contribution in [1.29, 1.82) is 0 Å². The molecule has 73 valence electrons. The van der Waals surface area contributed by atoms with Crippen molar-refractivity contribution in [3.8, 4) is 0 Å². The fraction of sp³-hybridized carbons (Fsp3) is 0.222. The van der Waals surface area contributed by atoms with Crippen molar-refractivity contribution in [1.82, 2.24) is 9.97 Å². The molecule has 1 N–H and O–H groups in total. The third-order valence-electron chi connectivity index (χ3n) is 1.74. The van der Waals surface area contributed by atoms with Gasteiger partial charge in [-0.3, -0.25) is 0 Å². The molecule has 0 fully saturated rings. The number of aromatic nitrogens is 2. The van der Waals surface area contributed by atoms with Gasteiger partial charge in [0.05, 0.1) is 11.0 Å². The molecule has 0 saturated carbocycles. The van der Waals surface area contributed by atoms with Crippen LogP contribution >= 0.6 is 0 Å². The predicted octanol–water partition coefficient (Wildman–Crippen LogP) is 2.47. The third-order valence-corrected chi connectivity index (χ3v) is 1.74. The van der Waals surface area contributed by atoms with Crippen molar-refractivity contribution in [3.05, 3.63) is 30.1 Å². The van der Waals surface area contributed by atoms with Crippen LogP contribution in [0.1, 0.15) is 5.82 Å². The van der Waals surface area contributed by atoms with E-state index in [1.165, 1.54) is 0 Å². The Bertz CT molecular complexity index is 411. The van der Waals surface area contributed by atoms with Gasteiger partial charge in [0.1, 0.15) is 12.2 Å². The van der Waals surface area contributed by atoms with E-state index >= 15 is 0 Å². The zero-order valence-electron chi connectivity index (χ0n) is 7.02. The van der Waals surface area contributed by atoms with E-state index in [-0.39, 0.29) is 5.82 Å². The maximum absolute atomic E-state index is 12.0. The summed E-state index contributed by atoms with van der Waals surface area (Å²) in [5.41, 5.74) is 1.11. The van der Waals surface area contributed by atoms with Gasteiger partial charge in [-0.25, -0.2) is 4.98 Å². The number of halogens is 3. The molecule has 2 nitrogen and oxygen atoms in total. The fourth-order valence-corrected chi connectivity index (χ4v) is 1.22. The lowest BCUT2D eigenvalue weighted by Gasteiger charge is -2.01. The molecule has 1 aromatic heterocycles. The van der Waals surface area contributed by atoms with Gasteiger partial charge >= 0.3 is 6.18 Å². The lowest BCUT2D eigenvalue weighted by atomic mass is 10.3. The second kappa shape index (κ2) is 3.01. The zero-order valence-corrected chi connectivity index (χ0v) is 7.02. The van der Waals surface area contributed by atoms with Crippen molar-refractivity contribution in [2.24, 2.45) is 0 Å². The van der Waals surface area contributed by atoms with Crippen LogP contribution in [0.5, 0.6) is 0 Å². The summed E-state index contributed by atoms with van der Waals surface area (Å²) in [5, 5.41) is 0. The summed E-state index contributed by atoms with van der Waals surface area (Å²) in [4.78, 5) is 6.39. The molecule has 14 heavy (non-hydrogen) atoms. The summed E-state index contributed by atoms with van der Waals surface area (Å²) >= 11 is 0. The minimum Gasteiger partial charge on any atom is -0.342 e. The molecule has 0 aliphatic heterocycles. The Balaban J connectivity index is 2.36. The van der Waals surface area contributed by atoms with E-state index in [9.17, 15) is 13.2 Å². The summed E-state index contributed by atoms with van der Waals surface area (Å²) in [7, 11) is 0. The molecule has 0 amide bonds. The number of H-pyrrole nitrogens is 1. The molecule has 2 aromatic rings.